The number of anilines is 2. The van der Waals surface area contributed by atoms with Gasteiger partial charge in [0.2, 0.25) is 23.1 Å². The van der Waals surface area contributed by atoms with Crippen molar-refractivity contribution in [3.05, 3.63) is 5.28 Å². The Labute approximate surface area is 118 Å². The number of nitrogens with zero attached hydrogens (tertiary/aromatic N) is 5. The second-order valence-corrected chi connectivity index (χ2v) is 4.38. The van der Waals surface area contributed by atoms with Crippen molar-refractivity contribution in [1.29, 1.82) is 0 Å². The molecule has 0 atom stereocenters. The molecule has 0 aliphatic carbocycles. The van der Waals surface area contributed by atoms with Crippen LogP contribution >= 0.6 is 11.6 Å². The van der Waals surface area contributed by atoms with Crippen LogP contribution in [-0.2, 0) is 4.79 Å². The number of amides is 1. The highest BCUT2D eigenvalue weighted by Crippen LogP contribution is 2.11. The Kier molecular flexibility index (Phi) is 5.75. The first-order valence-corrected chi connectivity index (χ1v) is 6.46. The molecule has 1 amide bonds. The first-order valence-electron chi connectivity index (χ1n) is 6.08. The van der Waals surface area contributed by atoms with E-state index in [1.54, 1.807) is 23.9 Å². The van der Waals surface area contributed by atoms with Crippen molar-refractivity contribution in [2.45, 2.75) is 13.8 Å². The molecule has 1 heterocycles. The number of hydrogen-bond donors (Lipinski definition) is 1. The van der Waals surface area contributed by atoms with Gasteiger partial charge < -0.3 is 15.1 Å². The van der Waals surface area contributed by atoms with Crippen LogP contribution in [0.25, 0.3) is 0 Å². The molecule has 0 saturated heterocycles. The Balaban J connectivity index is 2.70. The Morgan fingerprint density at radius 3 is 2.37 bits per heavy atom. The highest BCUT2D eigenvalue weighted by molar-refractivity contribution is 6.28. The molecular formula is C11H19ClN6O. The Morgan fingerprint density at radius 2 is 1.84 bits per heavy atom. The van der Waals surface area contributed by atoms with Crippen LogP contribution in [0.2, 0.25) is 5.28 Å². The molecule has 0 saturated carbocycles. The summed E-state index contributed by atoms with van der Waals surface area (Å²) in [6, 6.07) is 0. The van der Waals surface area contributed by atoms with Gasteiger partial charge in [0.1, 0.15) is 0 Å². The van der Waals surface area contributed by atoms with E-state index in [0.717, 1.165) is 0 Å². The lowest BCUT2D eigenvalue weighted by Crippen LogP contribution is -2.35. The topological polar surface area (TPSA) is 74.2 Å². The van der Waals surface area contributed by atoms with E-state index < -0.39 is 0 Å². The maximum atomic E-state index is 11.8. The molecule has 1 aromatic heterocycles. The molecule has 1 aromatic rings. The fourth-order valence-electron chi connectivity index (χ4n) is 1.46. The number of halogens is 1. The zero-order chi connectivity index (χ0) is 14.4. The van der Waals surface area contributed by atoms with Crippen molar-refractivity contribution in [1.82, 2.24) is 19.9 Å². The summed E-state index contributed by atoms with van der Waals surface area (Å²) in [5.74, 6) is 0.731. The summed E-state index contributed by atoms with van der Waals surface area (Å²) in [4.78, 5) is 27.3. The van der Waals surface area contributed by atoms with Crippen molar-refractivity contribution in [2.24, 2.45) is 0 Å². The first-order chi connectivity index (χ1) is 8.97. The zero-order valence-corrected chi connectivity index (χ0v) is 12.4. The van der Waals surface area contributed by atoms with Gasteiger partial charge in [-0.15, -0.1) is 0 Å². The summed E-state index contributed by atoms with van der Waals surface area (Å²) in [5.41, 5.74) is 0. The lowest BCUT2D eigenvalue weighted by atomic mass is 10.4. The van der Waals surface area contributed by atoms with Crippen LogP contribution in [0.4, 0.5) is 11.9 Å². The predicted octanol–water partition coefficient (Wildman–Crippen LogP) is 0.871. The van der Waals surface area contributed by atoms with Crippen LogP contribution in [0.5, 0.6) is 0 Å². The highest BCUT2D eigenvalue weighted by atomic mass is 35.5. The normalized spacial score (nSPS) is 10.2. The summed E-state index contributed by atoms with van der Waals surface area (Å²) in [7, 11) is 3.60. The van der Waals surface area contributed by atoms with E-state index in [0.29, 0.717) is 25.0 Å². The zero-order valence-electron chi connectivity index (χ0n) is 11.6. The monoisotopic (exact) mass is 286 g/mol. The summed E-state index contributed by atoms with van der Waals surface area (Å²) in [5, 5.41) is 2.96. The number of rotatable bonds is 6. The Hall–Kier alpha value is -1.63. The lowest BCUT2D eigenvalue weighted by molar-refractivity contribution is -0.128. The van der Waals surface area contributed by atoms with Crippen molar-refractivity contribution in [2.75, 3.05) is 43.9 Å². The minimum atomic E-state index is -0.00654. The minimum Gasteiger partial charge on any atom is -0.347 e. The number of hydrogen-bond acceptors (Lipinski definition) is 6. The van der Waals surface area contributed by atoms with Gasteiger partial charge >= 0.3 is 0 Å². The second kappa shape index (κ2) is 7.08. The molecule has 0 aromatic carbocycles. The van der Waals surface area contributed by atoms with Crippen molar-refractivity contribution >= 4 is 29.4 Å². The van der Waals surface area contributed by atoms with Gasteiger partial charge in [0, 0.05) is 27.2 Å². The maximum Gasteiger partial charge on any atom is 0.241 e. The van der Waals surface area contributed by atoms with Crippen LogP contribution in [0.1, 0.15) is 13.8 Å². The van der Waals surface area contributed by atoms with Gasteiger partial charge in [0.15, 0.2) is 0 Å². The SMILES string of the molecule is CCN(CC)C(=O)CNc1nc(Cl)nc(N(C)C)n1. The molecular weight excluding hydrogens is 268 g/mol. The third-order valence-corrected chi connectivity index (χ3v) is 2.68. The molecule has 0 unspecified atom stereocenters. The fourth-order valence-corrected chi connectivity index (χ4v) is 1.62. The minimum absolute atomic E-state index is 0.00654. The molecule has 0 radical (unpaired) electrons. The number of carbonyl (C=O) groups excluding carboxylic acids is 1. The molecule has 8 heteroatoms. The molecule has 0 aliphatic heterocycles. The molecule has 19 heavy (non-hydrogen) atoms. The molecule has 106 valence electrons. The highest BCUT2D eigenvalue weighted by Gasteiger charge is 2.11. The lowest BCUT2D eigenvalue weighted by Gasteiger charge is -2.19. The number of aromatic nitrogens is 3. The standard InChI is InChI=1S/C11H19ClN6O/c1-5-18(6-2)8(19)7-13-10-14-9(12)15-11(16-10)17(3)4/h5-7H2,1-4H3,(H,13,14,15,16). The van der Waals surface area contributed by atoms with Crippen molar-refractivity contribution < 1.29 is 4.79 Å². The van der Waals surface area contributed by atoms with E-state index in [2.05, 4.69) is 20.3 Å². The second-order valence-electron chi connectivity index (χ2n) is 4.04. The van der Waals surface area contributed by atoms with Gasteiger partial charge in [-0.25, -0.2) is 0 Å². The van der Waals surface area contributed by atoms with Crippen LogP contribution in [-0.4, -0.2) is 59.5 Å². The first kappa shape index (κ1) is 15.4. The van der Waals surface area contributed by atoms with Gasteiger partial charge in [0.05, 0.1) is 6.54 Å². The number of carbonyl (C=O) groups is 1. The van der Waals surface area contributed by atoms with Crippen LogP contribution in [0.3, 0.4) is 0 Å². The molecule has 0 spiro atoms. The largest absolute Gasteiger partial charge is 0.347 e. The van der Waals surface area contributed by atoms with Gasteiger partial charge in [-0.2, -0.15) is 15.0 Å². The third-order valence-electron chi connectivity index (χ3n) is 2.51. The molecule has 0 fully saturated rings. The van der Waals surface area contributed by atoms with E-state index in [9.17, 15) is 4.79 Å². The molecule has 1 rings (SSSR count). The van der Waals surface area contributed by atoms with E-state index in [-0.39, 0.29) is 17.7 Å². The Bertz CT molecular complexity index is 435. The average molecular weight is 287 g/mol. The van der Waals surface area contributed by atoms with E-state index in [4.69, 9.17) is 11.6 Å². The van der Waals surface area contributed by atoms with Crippen molar-refractivity contribution in [3.63, 3.8) is 0 Å². The predicted molar refractivity (Wildman–Crippen MR) is 75.6 cm³/mol. The smallest absolute Gasteiger partial charge is 0.241 e. The van der Waals surface area contributed by atoms with Gasteiger partial charge in [0.25, 0.3) is 0 Å². The summed E-state index contributed by atoms with van der Waals surface area (Å²) >= 11 is 5.80. The van der Waals surface area contributed by atoms with Crippen molar-refractivity contribution in [3.8, 4) is 0 Å². The van der Waals surface area contributed by atoms with Gasteiger partial charge in [-0.1, -0.05) is 0 Å². The quantitative estimate of drug-likeness (QED) is 0.836. The number of nitrogens with one attached hydrogen (secondary N) is 1. The van der Waals surface area contributed by atoms with Gasteiger partial charge in [-0.3, -0.25) is 4.79 Å². The fraction of sp³-hybridized carbons (Fsp3) is 0.636. The van der Waals surface area contributed by atoms with E-state index >= 15 is 0 Å². The van der Waals surface area contributed by atoms with Gasteiger partial charge in [-0.05, 0) is 25.4 Å². The van der Waals surface area contributed by atoms with Crippen LogP contribution < -0.4 is 10.2 Å². The number of likely N-dealkylation sites (N-methyl/N-ethyl adjacent to an activating group) is 1. The van der Waals surface area contributed by atoms with Crippen LogP contribution in [0, 0.1) is 0 Å². The molecule has 0 aliphatic rings. The summed E-state index contributed by atoms with van der Waals surface area (Å²) < 4.78 is 0. The molecule has 1 N–H and O–H groups in total. The molecule has 7 nitrogen and oxygen atoms in total. The average Bonchev–Trinajstić information content (AvgIpc) is 2.37. The van der Waals surface area contributed by atoms with E-state index in [1.807, 2.05) is 13.8 Å². The molecule has 0 bridgehead atoms. The summed E-state index contributed by atoms with van der Waals surface area (Å²) in [6.45, 7) is 5.36. The van der Waals surface area contributed by atoms with Crippen LogP contribution in [0.15, 0.2) is 0 Å². The van der Waals surface area contributed by atoms with E-state index in [1.165, 1.54) is 0 Å². The summed E-state index contributed by atoms with van der Waals surface area (Å²) in [6.07, 6.45) is 0. The third kappa shape index (κ3) is 4.51. The Morgan fingerprint density at radius 1 is 1.21 bits per heavy atom. The maximum absolute atomic E-state index is 11.8.